The van der Waals surface area contributed by atoms with Crippen molar-refractivity contribution in [1.29, 1.82) is 5.41 Å². The van der Waals surface area contributed by atoms with E-state index in [9.17, 15) is 9.18 Å². The number of para-hydroxylation sites is 1. The highest BCUT2D eigenvalue weighted by atomic mass is 19.1. The number of benzene rings is 2. The van der Waals surface area contributed by atoms with Gasteiger partial charge >= 0.3 is 0 Å². The number of hydrogen-bond donors (Lipinski definition) is 3. The normalized spacial score (nSPS) is 14.6. The number of pyridine rings is 1. The minimum absolute atomic E-state index is 0.00194. The number of nitrogens with zero attached hydrogens (tertiary/aromatic N) is 5. The van der Waals surface area contributed by atoms with E-state index in [1.807, 2.05) is 37.3 Å². The molecular weight excluding hydrogens is 495 g/mol. The lowest BCUT2D eigenvalue weighted by Gasteiger charge is -2.24. The monoisotopic (exact) mass is 522 g/mol. The summed E-state index contributed by atoms with van der Waals surface area (Å²) in [6.45, 7) is 1.86. The Balaban J connectivity index is 1.42. The van der Waals surface area contributed by atoms with Crippen LogP contribution < -0.4 is 16.6 Å². The zero-order valence-electron chi connectivity index (χ0n) is 21.4. The summed E-state index contributed by atoms with van der Waals surface area (Å²) in [4.78, 5) is 31.4. The fourth-order valence-corrected chi connectivity index (χ4v) is 5.42. The van der Waals surface area contributed by atoms with Crippen molar-refractivity contribution in [3.8, 4) is 0 Å². The minimum Gasteiger partial charge on any atom is -0.383 e. The highest BCUT2D eigenvalue weighted by Gasteiger charge is 2.27. The van der Waals surface area contributed by atoms with Crippen molar-refractivity contribution in [2.45, 2.75) is 44.7 Å². The van der Waals surface area contributed by atoms with Gasteiger partial charge in [0.25, 0.3) is 5.56 Å². The lowest BCUT2D eigenvalue weighted by atomic mass is 10.0. The lowest BCUT2D eigenvalue weighted by Crippen LogP contribution is -2.31. The summed E-state index contributed by atoms with van der Waals surface area (Å²) in [5.74, 6) is 0.374. The summed E-state index contributed by atoms with van der Waals surface area (Å²) >= 11 is 0. The van der Waals surface area contributed by atoms with E-state index < -0.39 is 11.9 Å². The third-order valence-corrected chi connectivity index (χ3v) is 7.34. The van der Waals surface area contributed by atoms with Crippen molar-refractivity contribution in [1.82, 2.24) is 24.5 Å². The van der Waals surface area contributed by atoms with Gasteiger partial charge < -0.3 is 11.1 Å². The van der Waals surface area contributed by atoms with Crippen LogP contribution in [0.4, 0.5) is 16.0 Å². The van der Waals surface area contributed by atoms with Crippen LogP contribution in [0.1, 0.15) is 61.6 Å². The largest absolute Gasteiger partial charge is 0.383 e. The van der Waals surface area contributed by atoms with Crippen LogP contribution in [-0.2, 0) is 0 Å². The fraction of sp³-hybridized carbons (Fsp3) is 0.241. The number of rotatable bonds is 6. The molecule has 1 unspecified atom stereocenters. The maximum atomic E-state index is 14.7. The van der Waals surface area contributed by atoms with E-state index in [0.29, 0.717) is 28.3 Å². The van der Waals surface area contributed by atoms with Crippen LogP contribution in [0.5, 0.6) is 0 Å². The number of fused-ring (bicyclic) bond motifs is 2. The van der Waals surface area contributed by atoms with Gasteiger partial charge in [0.2, 0.25) is 0 Å². The molecule has 6 rings (SSSR count). The number of nitrogen functional groups attached to an aromatic ring is 1. The predicted octanol–water partition coefficient (Wildman–Crippen LogP) is 5.16. The van der Waals surface area contributed by atoms with Crippen LogP contribution >= 0.6 is 0 Å². The maximum absolute atomic E-state index is 14.7. The van der Waals surface area contributed by atoms with Crippen molar-refractivity contribution in [3.63, 3.8) is 0 Å². The van der Waals surface area contributed by atoms with E-state index in [4.69, 9.17) is 16.1 Å². The Labute approximate surface area is 223 Å². The van der Waals surface area contributed by atoms with Crippen molar-refractivity contribution in [3.05, 3.63) is 94.2 Å². The number of hydrogen-bond acceptors (Lipinski definition) is 8. The molecule has 0 radical (unpaired) electrons. The molecule has 0 spiro atoms. The summed E-state index contributed by atoms with van der Waals surface area (Å²) in [6.07, 6.45) is 6.60. The van der Waals surface area contributed by atoms with Crippen molar-refractivity contribution in [2.24, 2.45) is 0 Å². The Morgan fingerprint density at radius 2 is 1.87 bits per heavy atom. The summed E-state index contributed by atoms with van der Waals surface area (Å²) in [7, 11) is 0. The number of aromatic nitrogens is 5. The predicted molar refractivity (Wildman–Crippen MR) is 150 cm³/mol. The summed E-state index contributed by atoms with van der Waals surface area (Å²) in [6, 6.07) is 13.4. The van der Waals surface area contributed by atoms with Gasteiger partial charge in [0.1, 0.15) is 35.0 Å². The molecule has 196 valence electrons. The molecular formula is C29H27FN8O. The van der Waals surface area contributed by atoms with Gasteiger partial charge in [-0.05, 0) is 44.0 Å². The highest BCUT2D eigenvalue weighted by molar-refractivity contribution is 6.16. The number of nitrogens with one attached hydrogen (secondary N) is 2. The Hall–Kier alpha value is -4.73. The molecule has 1 aliphatic rings. The summed E-state index contributed by atoms with van der Waals surface area (Å²) in [5.41, 5.74) is 8.00. The number of nitrogens with two attached hydrogens (primary N) is 1. The highest BCUT2D eigenvalue weighted by Crippen LogP contribution is 2.33. The van der Waals surface area contributed by atoms with Gasteiger partial charge in [-0.15, -0.1) is 0 Å². The molecule has 1 saturated carbocycles. The van der Waals surface area contributed by atoms with Crippen LogP contribution in [0.2, 0.25) is 0 Å². The van der Waals surface area contributed by atoms with E-state index in [2.05, 4.69) is 20.3 Å². The van der Waals surface area contributed by atoms with Crippen molar-refractivity contribution >= 4 is 39.2 Å². The number of halogens is 1. The van der Waals surface area contributed by atoms with E-state index in [0.717, 1.165) is 36.6 Å². The molecule has 39 heavy (non-hydrogen) atoms. The molecule has 9 nitrogen and oxygen atoms in total. The van der Waals surface area contributed by atoms with Gasteiger partial charge in [0.05, 0.1) is 28.4 Å². The SMILES string of the molecule is CC(Nc1ncnc(N)c1C(=N)c1cnc2ccccc2c1)c1nc2cccc(F)c2c(=O)n1C1CCCC1. The third-order valence-electron chi connectivity index (χ3n) is 7.34. The van der Waals surface area contributed by atoms with Gasteiger partial charge in [-0.1, -0.05) is 37.1 Å². The van der Waals surface area contributed by atoms with Crippen LogP contribution in [0, 0.1) is 11.2 Å². The van der Waals surface area contributed by atoms with E-state index in [-0.39, 0.29) is 28.5 Å². The zero-order chi connectivity index (χ0) is 27.1. The average Bonchev–Trinajstić information content (AvgIpc) is 3.47. The van der Waals surface area contributed by atoms with Gasteiger partial charge in [-0.3, -0.25) is 19.8 Å². The zero-order valence-corrected chi connectivity index (χ0v) is 21.4. The van der Waals surface area contributed by atoms with Gasteiger partial charge in [0.15, 0.2) is 0 Å². The molecule has 5 aromatic rings. The van der Waals surface area contributed by atoms with Crippen LogP contribution in [0.15, 0.2) is 65.8 Å². The topological polar surface area (TPSA) is 135 Å². The van der Waals surface area contributed by atoms with Gasteiger partial charge in [0, 0.05) is 23.2 Å². The molecule has 10 heteroatoms. The smallest absolute Gasteiger partial charge is 0.264 e. The molecule has 1 atom stereocenters. The van der Waals surface area contributed by atoms with E-state index in [1.54, 1.807) is 22.9 Å². The fourth-order valence-electron chi connectivity index (χ4n) is 5.42. The molecule has 0 aliphatic heterocycles. The summed E-state index contributed by atoms with van der Waals surface area (Å²) < 4.78 is 16.3. The second kappa shape index (κ2) is 9.86. The molecule has 3 heterocycles. The Kier molecular flexibility index (Phi) is 6.22. The third kappa shape index (κ3) is 4.37. The molecule has 4 N–H and O–H groups in total. The first-order chi connectivity index (χ1) is 18.9. The molecule has 0 amide bonds. The molecule has 3 aromatic heterocycles. The molecule has 0 saturated heterocycles. The first-order valence-electron chi connectivity index (χ1n) is 12.9. The maximum Gasteiger partial charge on any atom is 0.264 e. The standard InChI is InChI=1S/C29H27FN8O/c1-16(28-37-22-12-6-10-20(30)23(22)29(39)38(28)19-8-3-4-9-19)36-27-24(26(32)34-15-35-27)25(31)18-13-17-7-2-5-11-21(17)33-14-18/h2,5-7,10-16,19,31H,3-4,8-9H2,1H3,(H3,32,34,35,36). The van der Waals surface area contributed by atoms with Gasteiger partial charge in [-0.2, -0.15) is 0 Å². The van der Waals surface area contributed by atoms with Crippen LogP contribution in [-0.4, -0.2) is 30.2 Å². The number of anilines is 2. The van der Waals surface area contributed by atoms with E-state index >= 15 is 0 Å². The van der Waals surface area contributed by atoms with Crippen molar-refractivity contribution < 1.29 is 4.39 Å². The molecule has 0 bridgehead atoms. The van der Waals surface area contributed by atoms with Gasteiger partial charge in [-0.25, -0.2) is 19.3 Å². The second-order valence-electron chi connectivity index (χ2n) is 9.86. The Morgan fingerprint density at radius 1 is 1.10 bits per heavy atom. The lowest BCUT2D eigenvalue weighted by molar-refractivity contribution is 0.465. The minimum atomic E-state index is -0.577. The first kappa shape index (κ1) is 24.6. The quantitative estimate of drug-likeness (QED) is 0.262. The van der Waals surface area contributed by atoms with Crippen LogP contribution in [0.25, 0.3) is 21.8 Å². The Bertz CT molecular complexity index is 1790. The average molecular weight is 523 g/mol. The second-order valence-corrected chi connectivity index (χ2v) is 9.86. The van der Waals surface area contributed by atoms with E-state index in [1.165, 1.54) is 12.4 Å². The molecule has 1 aliphatic carbocycles. The van der Waals surface area contributed by atoms with Crippen molar-refractivity contribution in [2.75, 3.05) is 11.1 Å². The molecule has 1 fully saturated rings. The summed E-state index contributed by atoms with van der Waals surface area (Å²) in [5, 5.41) is 13.2. The van der Waals surface area contributed by atoms with Crippen LogP contribution in [0.3, 0.4) is 0 Å². The molecule has 2 aromatic carbocycles. The first-order valence-corrected chi connectivity index (χ1v) is 12.9. The Morgan fingerprint density at radius 3 is 2.69 bits per heavy atom.